The summed E-state index contributed by atoms with van der Waals surface area (Å²) in [5, 5.41) is 6.81. The van der Waals surface area contributed by atoms with Gasteiger partial charge in [-0.2, -0.15) is 4.31 Å². The van der Waals surface area contributed by atoms with E-state index in [1.165, 1.54) is 27.0 Å². The van der Waals surface area contributed by atoms with Crippen LogP contribution in [0.1, 0.15) is 12.8 Å². The molecule has 3 rings (SSSR count). The molecule has 1 aliphatic rings. The smallest absolute Gasteiger partial charge is 0.252 e. The summed E-state index contributed by atoms with van der Waals surface area (Å²) >= 11 is 2.54. The first-order valence-electron chi connectivity index (χ1n) is 6.81. The zero-order chi connectivity index (χ0) is 15.6. The number of hydrogen-bond donors (Lipinski definition) is 1. The molecule has 22 heavy (non-hydrogen) atoms. The lowest BCUT2D eigenvalue weighted by molar-refractivity contribution is -0.120. The number of sulfonamides is 1. The van der Waals surface area contributed by atoms with Gasteiger partial charge < -0.3 is 5.32 Å². The second kappa shape index (κ2) is 6.45. The van der Waals surface area contributed by atoms with E-state index in [1.54, 1.807) is 29.1 Å². The molecule has 0 spiro atoms. The largest absolute Gasteiger partial charge is 0.302 e. The Bertz CT molecular complexity index is 726. The lowest BCUT2D eigenvalue weighted by atomic mass is 9.99. The van der Waals surface area contributed by atoms with Crippen LogP contribution in [-0.4, -0.2) is 36.7 Å². The van der Waals surface area contributed by atoms with Crippen LogP contribution in [0.25, 0.3) is 0 Å². The SMILES string of the molecule is O=C(Nc1nccs1)C1CCCN(S(=O)(=O)c2cccs2)C1. The summed E-state index contributed by atoms with van der Waals surface area (Å²) in [6.45, 7) is 0.679. The van der Waals surface area contributed by atoms with Crippen molar-refractivity contribution in [2.45, 2.75) is 17.1 Å². The van der Waals surface area contributed by atoms with Gasteiger partial charge in [-0.15, -0.1) is 22.7 Å². The number of carbonyl (C=O) groups is 1. The van der Waals surface area contributed by atoms with Crippen LogP contribution < -0.4 is 5.32 Å². The fourth-order valence-electron chi connectivity index (χ4n) is 2.40. The van der Waals surface area contributed by atoms with Crippen LogP contribution in [0.3, 0.4) is 0 Å². The molecular formula is C13H15N3O3S3. The first kappa shape index (κ1) is 15.6. The maximum atomic E-state index is 12.5. The average molecular weight is 357 g/mol. The van der Waals surface area contributed by atoms with E-state index in [9.17, 15) is 13.2 Å². The molecule has 1 fully saturated rings. The fourth-order valence-corrected chi connectivity index (χ4v) is 5.61. The first-order chi connectivity index (χ1) is 10.6. The van der Waals surface area contributed by atoms with Gasteiger partial charge in [-0.1, -0.05) is 6.07 Å². The molecule has 1 atom stereocenters. The Morgan fingerprint density at radius 2 is 2.23 bits per heavy atom. The summed E-state index contributed by atoms with van der Waals surface area (Å²) in [6, 6.07) is 3.31. The number of amides is 1. The van der Waals surface area contributed by atoms with Crippen molar-refractivity contribution < 1.29 is 13.2 Å². The molecule has 1 saturated heterocycles. The van der Waals surface area contributed by atoms with E-state index in [4.69, 9.17) is 0 Å². The Balaban J connectivity index is 1.70. The number of nitrogens with zero attached hydrogens (tertiary/aromatic N) is 2. The van der Waals surface area contributed by atoms with Crippen LogP contribution in [0.4, 0.5) is 5.13 Å². The number of piperidine rings is 1. The van der Waals surface area contributed by atoms with Crippen LogP contribution >= 0.6 is 22.7 Å². The summed E-state index contributed by atoms with van der Waals surface area (Å²) in [5.41, 5.74) is 0. The molecular weight excluding hydrogens is 342 g/mol. The molecule has 118 valence electrons. The van der Waals surface area contributed by atoms with Gasteiger partial charge in [0.25, 0.3) is 10.0 Å². The quantitative estimate of drug-likeness (QED) is 0.910. The molecule has 1 unspecified atom stereocenters. The molecule has 1 amide bonds. The third-order valence-corrected chi connectivity index (χ3v) is 7.43. The van der Waals surface area contributed by atoms with Crippen molar-refractivity contribution in [3.05, 3.63) is 29.1 Å². The third kappa shape index (κ3) is 3.22. The van der Waals surface area contributed by atoms with Gasteiger partial charge in [0.15, 0.2) is 5.13 Å². The molecule has 0 saturated carbocycles. The zero-order valence-electron chi connectivity index (χ0n) is 11.6. The molecule has 2 aromatic rings. The highest BCUT2D eigenvalue weighted by Gasteiger charge is 2.33. The van der Waals surface area contributed by atoms with Crippen molar-refractivity contribution in [1.82, 2.24) is 9.29 Å². The van der Waals surface area contributed by atoms with E-state index in [-0.39, 0.29) is 18.4 Å². The molecule has 0 radical (unpaired) electrons. The minimum Gasteiger partial charge on any atom is -0.302 e. The number of nitrogens with one attached hydrogen (secondary N) is 1. The third-order valence-electron chi connectivity index (χ3n) is 3.51. The number of thiazole rings is 1. The average Bonchev–Trinajstić information content (AvgIpc) is 3.21. The Kier molecular flexibility index (Phi) is 4.57. The Labute approximate surface area is 136 Å². The van der Waals surface area contributed by atoms with Gasteiger partial charge in [-0.05, 0) is 24.3 Å². The summed E-state index contributed by atoms with van der Waals surface area (Å²) in [4.78, 5) is 16.3. The van der Waals surface area contributed by atoms with Gasteiger partial charge in [0.05, 0.1) is 5.92 Å². The van der Waals surface area contributed by atoms with E-state index in [2.05, 4.69) is 10.3 Å². The predicted octanol–water partition coefficient (Wildman–Crippen LogP) is 2.24. The van der Waals surface area contributed by atoms with Gasteiger partial charge in [-0.25, -0.2) is 13.4 Å². The van der Waals surface area contributed by atoms with Gasteiger partial charge in [0.2, 0.25) is 5.91 Å². The molecule has 0 bridgehead atoms. The van der Waals surface area contributed by atoms with Crippen molar-refractivity contribution in [1.29, 1.82) is 0 Å². The second-order valence-electron chi connectivity index (χ2n) is 4.96. The van der Waals surface area contributed by atoms with E-state index in [1.807, 2.05) is 0 Å². The highest BCUT2D eigenvalue weighted by Crippen LogP contribution is 2.27. The monoisotopic (exact) mass is 357 g/mol. The molecule has 1 aliphatic heterocycles. The van der Waals surface area contributed by atoms with Crippen molar-refractivity contribution in [2.24, 2.45) is 5.92 Å². The van der Waals surface area contributed by atoms with Crippen molar-refractivity contribution in [2.75, 3.05) is 18.4 Å². The summed E-state index contributed by atoms with van der Waals surface area (Å²) < 4.78 is 26.8. The topological polar surface area (TPSA) is 79.4 Å². The number of carbonyl (C=O) groups excluding carboxylic acids is 1. The second-order valence-corrected chi connectivity index (χ2v) is 8.97. The molecule has 0 aliphatic carbocycles. The van der Waals surface area contributed by atoms with Gasteiger partial charge >= 0.3 is 0 Å². The summed E-state index contributed by atoms with van der Waals surface area (Å²) in [6.07, 6.45) is 2.99. The maximum Gasteiger partial charge on any atom is 0.252 e. The van der Waals surface area contributed by atoms with Gasteiger partial charge in [0, 0.05) is 24.7 Å². The summed E-state index contributed by atoms with van der Waals surface area (Å²) in [5.74, 6) is -0.506. The van der Waals surface area contributed by atoms with Crippen molar-refractivity contribution in [3.8, 4) is 0 Å². The molecule has 3 heterocycles. The summed E-state index contributed by atoms with van der Waals surface area (Å²) in [7, 11) is -3.49. The van der Waals surface area contributed by atoms with Crippen LogP contribution in [-0.2, 0) is 14.8 Å². The van der Waals surface area contributed by atoms with Gasteiger partial charge in [0.1, 0.15) is 4.21 Å². The molecule has 2 aromatic heterocycles. The highest BCUT2D eigenvalue weighted by molar-refractivity contribution is 7.91. The fraction of sp³-hybridized carbons (Fsp3) is 0.385. The van der Waals surface area contributed by atoms with Crippen molar-refractivity contribution >= 4 is 43.7 Å². The standard InChI is InChI=1S/C13H15N3O3S3/c17-12(15-13-14-5-8-21-13)10-3-1-6-16(9-10)22(18,19)11-4-2-7-20-11/h2,4-5,7-8,10H,1,3,6,9H2,(H,14,15,17). The minimum absolute atomic E-state index is 0.166. The predicted molar refractivity (Wildman–Crippen MR) is 86.5 cm³/mol. The highest BCUT2D eigenvalue weighted by atomic mass is 32.2. The number of thiophene rings is 1. The maximum absolute atomic E-state index is 12.5. The number of hydrogen-bond acceptors (Lipinski definition) is 6. The lowest BCUT2D eigenvalue weighted by Gasteiger charge is -2.30. The van der Waals surface area contributed by atoms with Gasteiger partial charge in [-0.3, -0.25) is 4.79 Å². The lowest BCUT2D eigenvalue weighted by Crippen LogP contribution is -2.43. The number of aromatic nitrogens is 1. The molecule has 0 aromatic carbocycles. The molecule has 9 heteroatoms. The molecule has 1 N–H and O–H groups in total. The van der Waals surface area contributed by atoms with E-state index >= 15 is 0 Å². The molecule has 6 nitrogen and oxygen atoms in total. The minimum atomic E-state index is -3.49. The van der Waals surface area contributed by atoms with Crippen LogP contribution in [0.15, 0.2) is 33.3 Å². The van der Waals surface area contributed by atoms with Crippen LogP contribution in [0.2, 0.25) is 0 Å². The number of anilines is 1. The Morgan fingerprint density at radius 1 is 1.36 bits per heavy atom. The van der Waals surface area contributed by atoms with E-state index in [0.717, 1.165) is 0 Å². The van der Waals surface area contributed by atoms with Crippen LogP contribution in [0.5, 0.6) is 0 Å². The zero-order valence-corrected chi connectivity index (χ0v) is 14.1. The normalized spacial score (nSPS) is 19.9. The Hall–Kier alpha value is -1.29. The van der Waals surface area contributed by atoms with E-state index < -0.39 is 10.0 Å². The number of rotatable bonds is 4. The van der Waals surface area contributed by atoms with E-state index in [0.29, 0.717) is 28.7 Å². The Morgan fingerprint density at radius 3 is 2.91 bits per heavy atom. The van der Waals surface area contributed by atoms with Crippen LogP contribution in [0, 0.1) is 5.92 Å². The van der Waals surface area contributed by atoms with Crippen molar-refractivity contribution in [3.63, 3.8) is 0 Å². The first-order valence-corrected chi connectivity index (χ1v) is 10.0.